The summed E-state index contributed by atoms with van der Waals surface area (Å²) < 4.78 is 6.79. The van der Waals surface area contributed by atoms with Gasteiger partial charge in [-0.05, 0) is 6.92 Å². The van der Waals surface area contributed by atoms with Crippen LogP contribution < -0.4 is 9.80 Å². The molecule has 2 aromatic heterocycles. The average molecular weight is 316 g/mol. The molecule has 1 saturated heterocycles. The zero-order chi connectivity index (χ0) is 16.4. The minimum absolute atomic E-state index is 0.0359. The summed E-state index contributed by atoms with van der Waals surface area (Å²) in [7, 11) is 3.45. The van der Waals surface area contributed by atoms with Crippen LogP contribution in [0.5, 0.6) is 0 Å². The first kappa shape index (κ1) is 15.4. The molecule has 23 heavy (non-hydrogen) atoms. The molecule has 1 aliphatic heterocycles. The summed E-state index contributed by atoms with van der Waals surface area (Å²) in [5, 5.41) is 4.12. The maximum absolute atomic E-state index is 12.5. The lowest BCUT2D eigenvalue weighted by Crippen LogP contribution is -2.51. The van der Waals surface area contributed by atoms with Crippen LogP contribution in [0.25, 0.3) is 0 Å². The minimum atomic E-state index is 0.0359. The fourth-order valence-corrected chi connectivity index (χ4v) is 2.66. The molecule has 0 aromatic carbocycles. The van der Waals surface area contributed by atoms with E-state index >= 15 is 0 Å². The third kappa shape index (κ3) is 3.31. The third-order valence-electron chi connectivity index (χ3n) is 3.71. The zero-order valence-corrected chi connectivity index (χ0v) is 13.6. The molecule has 1 aliphatic rings. The van der Waals surface area contributed by atoms with Gasteiger partial charge in [0.25, 0.3) is 0 Å². The molecule has 0 spiro atoms. The fraction of sp³-hybridized carbons (Fsp3) is 0.467. The second kappa shape index (κ2) is 6.33. The number of carbonyl (C=O) groups is 1. The van der Waals surface area contributed by atoms with Crippen LogP contribution in [0.15, 0.2) is 18.5 Å². The second-order valence-electron chi connectivity index (χ2n) is 5.56. The summed E-state index contributed by atoms with van der Waals surface area (Å²) >= 11 is 0. The van der Waals surface area contributed by atoms with Crippen molar-refractivity contribution in [2.45, 2.75) is 13.5 Å². The predicted octanol–water partition coefficient (Wildman–Crippen LogP) is 0.518. The van der Waals surface area contributed by atoms with E-state index in [4.69, 9.17) is 4.74 Å². The topological polar surface area (TPSA) is 76.4 Å². The molecule has 0 saturated carbocycles. The van der Waals surface area contributed by atoms with Crippen molar-refractivity contribution in [3.63, 3.8) is 0 Å². The SMILES string of the molecule is COCc1nc(C)cc(N2CCN(c3cnn(C)c3)C(=O)C2)n1. The lowest BCUT2D eigenvalue weighted by molar-refractivity contribution is -0.117. The Morgan fingerprint density at radius 2 is 2.13 bits per heavy atom. The van der Waals surface area contributed by atoms with Gasteiger partial charge in [-0.15, -0.1) is 0 Å². The highest BCUT2D eigenvalue weighted by atomic mass is 16.5. The van der Waals surface area contributed by atoms with E-state index in [2.05, 4.69) is 15.1 Å². The summed E-state index contributed by atoms with van der Waals surface area (Å²) in [6.07, 6.45) is 3.55. The molecule has 8 heteroatoms. The molecule has 1 fully saturated rings. The number of methoxy groups -OCH3 is 1. The van der Waals surface area contributed by atoms with E-state index in [1.807, 2.05) is 31.1 Å². The standard InChI is InChI=1S/C15H20N6O2/c1-11-6-14(18-13(17-11)10-23-3)20-4-5-21(15(22)9-20)12-7-16-19(2)8-12/h6-8H,4-5,9-10H2,1-3H3. The molecule has 3 heterocycles. The first-order valence-corrected chi connectivity index (χ1v) is 7.44. The Labute approximate surface area is 134 Å². The molecule has 0 bridgehead atoms. The minimum Gasteiger partial charge on any atom is -0.377 e. The predicted molar refractivity (Wildman–Crippen MR) is 85.3 cm³/mol. The van der Waals surface area contributed by atoms with E-state index in [1.165, 1.54) is 0 Å². The Morgan fingerprint density at radius 3 is 2.78 bits per heavy atom. The summed E-state index contributed by atoms with van der Waals surface area (Å²) in [5.41, 5.74) is 1.69. The van der Waals surface area contributed by atoms with E-state index in [0.717, 1.165) is 17.2 Å². The summed E-state index contributed by atoms with van der Waals surface area (Å²) in [4.78, 5) is 25.0. The Hall–Kier alpha value is -2.48. The highest BCUT2D eigenvalue weighted by Gasteiger charge is 2.27. The molecular formula is C15H20N6O2. The summed E-state index contributed by atoms with van der Waals surface area (Å²) in [5.74, 6) is 1.43. The number of piperazine rings is 1. The smallest absolute Gasteiger partial charge is 0.246 e. The Bertz CT molecular complexity index is 714. The van der Waals surface area contributed by atoms with E-state index in [-0.39, 0.29) is 12.5 Å². The largest absolute Gasteiger partial charge is 0.377 e. The highest BCUT2D eigenvalue weighted by molar-refractivity contribution is 5.97. The van der Waals surface area contributed by atoms with Crippen LogP contribution in [0, 0.1) is 6.92 Å². The van der Waals surface area contributed by atoms with Gasteiger partial charge in [-0.25, -0.2) is 9.97 Å². The molecule has 0 aliphatic carbocycles. The van der Waals surface area contributed by atoms with Crippen molar-refractivity contribution in [1.82, 2.24) is 19.7 Å². The van der Waals surface area contributed by atoms with Crippen molar-refractivity contribution in [3.05, 3.63) is 30.0 Å². The first-order valence-electron chi connectivity index (χ1n) is 7.44. The van der Waals surface area contributed by atoms with E-state index in [0.29, 0.717) is 25.5 Å². The maximum Gasteiger partial charge on any atom is 0.246 e. The van der Waals surface area contributed by atoms with Gasteiger partial charge < -0.3 is 14.5 Å². The van der Waals surface area contributed by atoms with Crippen LogP contribution in [0.2, 0.25) is 0 Å². The average Bonchev–Trinajstić information content (AvgIpc) is 2.93. The van der Waals surface area contributed by atoms with Gasteiger partial charge in [0.1, 0.15) is 12.4 Å². The normalized spacial score (nSPS) is 15.3. The molecule has 0 atom stereocenters. The van der Waals surface area contributed by atoms with Gasteiger partial charge in [-0.2, -0.15) is 5.10 Å². The number of hydrogen-bond acceptors (Lipinski definition) is 6. The number of anilines is 2. The van der Waals surface area contributed by atoms with Gasteiger partial charge in [0, 0.05) is 45.2 Å². The second-order valence-corrected chi connectivity index (χ2v) is 5.56. The molecule has 8 nitrogen and oxygen atoms in total. The third-order valence-corrected chi connectivity index (χ3v) is 3.71. The number of amides is 1. The number of rotatable bonds is 4. The number of carbonyl (C=O) groups excluding carboxylic acids is 1. The molecule has 2 aromatic rings. The van der Waals surface area contributed by atoms with Gasteiger partial charge in [-0.1, -0.05) is 0 Å². The van der Waals surface area contributed by atoms with Crippen LogP contribution in [0.4, 0.5) is 11.5 Å². The monoisotopic (exact) mass is 316 g/mol. The number of nitrogens with zero attached hydrogens (tertiary/aromatic N) is 6. The van der Waals surface area contributed by atoms with Crippen LogP contribution in [-0.4, -0.2) is 52.4 Å². The Balaban J connectivity index is 1.76. The highest BCUT2D eigenvalue weighted by Crippen LogP contribution is 2.20. The van der Waals surface area contributed by atoms with E-state index < -0.39 is 0 Å². The van der Waals surface area contributed by atoms with Crippen LogP contribution in [-0.2, 0) is 23.2 Å². The lowest BCUT2D eigenvalue weighted by Gasteiger charge is -2.34. The molecule has 3 rings (SSSR count). The molecule has 122 valence electrons. The van der Waals surface area contributed by atoms with Gasteiger partial charge in [-0.3, -0.25) is 9.48 Å². The molecular weight excluding hydrogens is 296 g/mol. The van der Waals surface area contributed by atoms with Crippen LogP contribution >= 0.6 is 0 Å². The van der Waals surface area contributed by atoms with Crippen LogP contribution in [0.1, 0.15) is 11.5 Å². The quantitative estimate of drug-likeness (QED) is 0.818. The number of ether oxygens (including phenoxy) is 1. The van der Waals surface area contributed by atoms with Crippen molar-refractivity contribution in [2.24, 2.45) is 7.05 Å². The van der Waals surface area contributed by atoms with Crippen molar-refractivity contribution in [1.29, 1.82) is 0 Å². The lowest BCUT2D eigenvalue weighted by atomic mass is 10.2. The Kier molecular flexibility index (Phi) is 4.24. The van der Waals surface area contributed by atoms with Crippen molar-refractivity contribution < 1.29 is 9.53 Å². The van der Waals surface area contributed by atoms with Gasteiger partial charge >= 0.3 is 0 Å². The number of aryl methyl sites for hydroxylation is 2. The maximum atomic E-state index is 12.5. The number of hydrogen-bond donors (Lipinski definition) is 0. The van der Waals surface area contributed by atoms with Gasteiger partial charge in [0.15, 0.2) is 5.82 Å². The molecule has 0 radical (unpaired) electrons. The Morgan fingerprint density at radius 1 is 1.30 bits per heavy atom. The first-order chi connectivity index (χ1) is 11.1. The van der Waals surface area contributed by atoms with Crippen molar-refractivity contribution >= 4 is 17.4 Å². The fourth-order valence-electron chi connectivity index (χ4n) is 2.66. The number of aromatic nitrogens is 4. The van der Waals surface area contributed by atoms with Crippen molar-refractivity contribution in [2.75, 3.05) is 36.5 Å². The summed E-state index contributed by atoms with van der Waals surface area (Å²) in [6.45, 7) is 3.88. The van der Waals surface area contributed by atoms with E-state index in [1.54, 1.807) is 22.9 Å². The van der Waals surface area contributed by atoms with Gasteiger partial charge in [0.05, 0.1) is 18.4 Å². The molecule has 1 amide bonds. The summed E-state index contributed by atoms with van der Waals surface area (Å²) in [6, 6.07) is 1.90. The van der Waals surface area contributed by atoms with Crippen molar-refractivity contribution in [3.8, 4) is 0 Å². The van der Waals surface area contributed by atoms with Crippen LogP contribution in [0.3, 0.4) is 0 Å². The van der Waals surface area contributed by atoms with E-state index in [9.17, 15) is 4.79 Å². The zero-order valence-electron chi connectivity index (χ0n) is 13.6. The molecule has 0 N–H and O–H groups in total. The molecule has 0 unspecified atom stereocenters. The van der Waals surface area contributed by atoms with Gasteiger partial charge in [0.2, 0.25) is 5.91 Å².